The van der Waals surface area contributed by atoms with Crippen molar-refractivity contribution in [1.29, 1.82) is 5.26 Å². The van der Waals surface area contributed by atoms with Crippen molar-refractivity contribution < 1.29 is 4.79 Å². The third kappa shape index (κ3) is 4.96. The second kappa shape index (κ2) is 9.44. The van der Waals surface area contributed by atoms with E-state index >= 15 is 0 Å². The van der Waals surface area contributed by atoms with Gasteiger partial charge in [-0.1, -0.05) is 37.6 Å². The number of nitriles is 1. The van der Waals surface area contributed by atoms with Gasteiger partial charge in [0, 0.05) is 32.7 Å². The highest BCUT2D eigenvalue weighted by Crippen LogP contribution is 2.60. The zero-order valence-electron chi connectivity index (χ0n) is 19.4. The Balaban J connectivity index is 1.28. The molecule has 1 aromatic rings. The van der Waals surface area contributed by atoms with Crippen LogP contribution in [-0.4, -0.2) is 51.5 Å². The molecule has 0 aromatic heterocycles. The minimum absolute atomic E-state index is 0.0806. The first kappa shape index (κ1) is 23.1. The molecule has 2 fully saturated rings. The maximum atomic E-state index is 13.1. The quantitative estimate of drug-likeness (QED) is 0.296. The average Bonchev–Trinajstić information content (AvgIpc) is 3.06. The highest BCUT2D eigenvalue weighted by Gasteiger charge is 2.61. The Bertz CT molecular complexity index is 992. The number of carbonyl (C=O) groups is 1. The third-order valence-corrected chi connectivity index (χ3v) is 8.82. The molecule has 1 amide bonds. The smallest absolute Gasteiger partial charge is 0.226 e. The summed E-state index contributed by atoms with van der Waals surface area (Å²) in [4.78, 5) is 17.7. The van der Waals surface area contributed by atoms with Gasteiger partial charge in [-0.05, 0) is 42.9 Å². The van der Waals surface area contributed by atoms with E-state index in [4.69, 9.17) is 5.26 Å². The van der Waals surface area contributed by atoms with Crippen LogP contribution in [0.4, 0.5) is 0 Å². The van der Waals surface area contributed by atoms with E-state index in [-0.39, 0.29) is 32.6 Å². The molecule has 1 saturated carbocycles. The van der Waals surface area contributed by atoms with Gasteiger partial charge >= 0.3 is 0 Å². The molecule has 0 spiro atoms. The Labute approximate surface area is 202 Å². The first-order valence-corrected chi connectivity index (χ1v) is 13.2. The fourth-order valence-corrected chi connectivity index (χ4v) is 6.55. The number of carbonyl (C=O) groups excluding carboxylic acids is 1. The Morgan fingerprint density at radius 2 is 1.88 bits per heavy atom. The van der Waals surface area contributed by atoms with Gasteiger partial charge in [-0.3, -0.25) is 9.69 Å². The lowest BCUT2D eigenvalue weighted by Gasteiger charge is -2.36. The summed E-state index contributed by atoms with van der Waals surface area (Å²) in [5.41, 5.74) is 4.55. The number of hydrogen-bond acceptors (Lipinski definition) is 5. The van der Waals surface area contributed by atoms with Gasteiger partial charge in [-0.15, -0.1) is 0 Å². The second-order valence-electron chi connectivity index (χ2n) is 9.79. The first-order chi connectivity index (χ1) is 15.3. The fraction of sp³-hybridized carbons (Fsp3) is 0.520. The van der Waals surface area contributed by atoms with Crippen LogP contribution in [0, 0.1) is 28.6 Å². The minimum atomic E-state index is -0.370. The molecular weight excluding hydrogens is 513 g/mol. The van der Waals surface area contributed by atoms with E-state index < -0.39 is 0 Å². The molecule has 4 rings (SSSR count). The molecule has 2 atom stereocenters. The van der Waals surface area contributed by atoms with Crippen LogP contribution in [0.25, 0.3) is 0 Å². The van der Waals surface area contributed by atoms with Crippen molar-refractivity contribution in [3.05, 3.63) is 58.9 Å². The van der Waals surface area contributed by atoms with Gasteiger partial charge in [0.25, 0.3) is 0 Å². The first-order valence-electron chi connectivity index (χ1n) is 11.3. The molecule has 1 saturated heterocycles. The molecule has 32 heavy (non-hydrogen) atoms. The normalized spacial score (nSPS) is 24.4. The Morgan fingerprint density at radius 1 is 1.19 bits per heavy atom. The molecule has 0 bridgehead atoms. The molecule has 2 aliphatic heterocycles. The van der Waals surface area contributed by atoms with Crippen LogP contribution in [-0.2, 0) is 11.3 Å². The molecule has 2 unspecified atom stereocenters. The van der Waals surface area contributed by atoms with E-state index in [0.717, 1.165) is 39.3 Å². The van der Waals surface area contributed by atoms with Crippen LogP contribution < -0.4 is 0 Å². The molecule has 6 nitrogen and oxygen atoms in total. The van der Waals surface area contributed by atoms with Crippen molar-refractivity contribution >= 4 is 27.2 Å². The van der Waals surface area contributed by atoms with Crippen LogP contribution in [0.1, 0.15) is 38.8 Å². The van der Waals surface area contributed by atoms with E-state index in [2.05, 4.69) is 55.9 Å². The maximum Gasteiger partial charge on any atom is 0.226 e. The highest BCUT2D eigenvalue weighted by molar-refractivity contribution is 14.1. The standard InChI is InChI=1S/C25H32IN5O/c1-18(2)13-22-23(25(22,3)4)24(32)30-11-9-29(10-12-30)17-21-15-28-26-31(21)16-20-7-5-19(14-27)6-8-20/h5-8,13,15,22-23H,9-12,16-17H2,1-4H3. The number of amides is 1. The highest BCUT2D eigenvalue weighted by atomic mass is 127. The molecule has 7 heteroatoms. The topological polar surface area (TPSA) is 62.9 Å². The molecule has 1 aliphatic carbocycles. The molecule has 1 aromatic carbocycles. The SMILES string of the molecule is CC(C)=CC1C(C(=O)N2CCN(CC3=CN=IN3Cc3ccc(C#N)cc3)CC2)C1(C)C. The van der Waals surface area contributed by atoms with Gasteiger partial charge < -0.3 is 8.01 Å². The van der Waals surface area contributed by atoms with E-state index in [1.54, 1.807) is 0 Å². The molecule has 170 valence electrons. The van der Waals surface area contributed by atoms with Crippen molar-refractivity contribution in [3.8, 4) is 6.07 Å². The molecule has 2 heterocycles. The van der Waals surface area contributed by atoms with Crippen LogP contribution in [0.2, 0.25) is 0 Å². The van der Waals surface area contributed by atoms with Gasteiger partial charge in [0.1, 0.15) is 21.3 Å². The van der Waals surface area contributed by atoms with E-state index in [9.17, 15) is 4.79 Å². The lowest BCUT2D eigenvalue weighted by molar-refractivity contribution is -0.135. The number of benzene rings is 1. The van der Waals surface area contributed by atoms with Gasteiger partial charge in [0.15, 0.2) is 0 Å². The number of allylic oxidation sites excluding steroid dienone is 2. The second-order valence-corrected chi connectivity index (χ2v) is 11.9. The van der Waals surface area contributed by atoms with Crippen LogP contribution in [0.3, 0.4) is 0 Å². The summed E-state index contributed by atoms with van der Waals surface area (Å²) < 4.78 is 6.99. The average molecular weight is 545 g/mol. The van der Waals surface area contributed by atoms with Crippen molar-refractivity contribution in [2.75, 3.05) is 32.7 Å². The number of rotatable bonds is 6. The summed E-state index contributed by atoms with van der Waals surface area (Å²) in [6.07, 6.45) is 4.31. The zero-order valence-corrected chi connectivity index (χ0v) is 21.5. The minimum Gasteiger partial charge on any atom is -0.340 e. The molecule has 0 N–H and O–H groups in total. The summed E-state index contributed by atoms with van der Waals surface area (Å²) in [7, 11) is 0. The van der Waals surface area contributed by atoms with Gasteiger partial charge in [-0.25, -0.2) is 3.15 Å². The van der Waals surface area contributed by atoms with Gasteiger partial charge in [0.05, 0.1) is 36.0 Å². The Morgan fingerprint density at radius 3 is 2.50 bits per heavy atom. The summed E-state index contributed by atoms with van der Waals surface area (Å²) in [6, 6.07) is 10.00. The van der Waals surface area contributed by atoms with E-state index in [1.807, 2.05) is 30.5 Å². The number of piperazine rings is 1. The molecule has 0 radical (unpaired) electrons. The summed E-state index contributed by atoms with van der Waals surface area (Å²) in [5, 5.41) is 8.99. The zero-order chi connectivity index (χ0) is 22.9. The van der Waals surface area contributed by atoms with E-state index in [0.29, 0.717) is 17.4 Å². The number of halogens is 1. The maximum absolute atomic E-state index is 13.1. The van der Waals surface area contributed by atoms with E-state index in [1.165, 1.54) is 16.8 Å². The predicted molar refractivity (Wildman–Crippen MR) is 134 cm³/mol. The van der Waals surface area contributed by atoms with Crippen LogP contribution >= 0.6 is 21.3 Å². The lowest BCUT2D eigenvalue weighted by Crippen LogP contribution is -2.50. The third-order valence-electron chi connectivity index (χ3n) is 6.81. The fourth-order valence-electron chi connectivity index (χ4n) is 4.70. The van der Waals surface area contributed by atoms with Crippen molar-refractivity contribution in [1.82, 2.24) is 12.9 Å². The van der Waals surface area contributed by atoms with Gasteiger partial charge in [0.2, 0.25) is 5.91 Å². The summed E-state index contributed by atoms with van der Waals surface area (Å²) in [6.45, 7) is 13.8. The Kier molecular flexibility index (Phi) is 6.82. The van der Waals surface area contributed by atoms with Crippen LogP contribution in [0.15, 0.2) is 51.0 Å². The summed E-state index contributed by atoms with van der Waals surface area (Å²) >= 11 is -0.370. The molecular formula is C25H32IN5O. The number of nitrogens with zero attached hydrogens (tertiary/aromatic N) is 5. The lowest BCUT2D eigenvalue weighted by atomic mass is 10.1. The predicted octanol–water partition coefficient (Wildman–Crippen LogP) is 4.67. The van der Waals surface area contributed by atoms with Crippen molar-refractivity contribution in [2.24, 2.45) is 20.4 Å². The largest absolute Gasteiger partial charge is 0.340 e. The Hall–Kier alpha value is -2.05. The van der Waals surface area contributed by atoms with Crippen molar-refractivity contribution in [2.45, 2.75) is 34.2 Å². The summed E-state index contributed by atoms with van der Waals surface area (Å²) in [5.74, 6) is 0.844. The number of hydrogen-bond donors (Lipinski definition) is 0. The van der Waals surface area contributed by atoms with Crippen LogP contribution in [0.5, 0.6) is 0 Å². The van der Waals surface area contributed by atoms with Crippen molar-refractivity contribution in [3.63, 3.8) is 0 Å². The molecule has 3 aliphatic rings. The monoisotopic (exact) mass is 545 g/mol. The van der Waals surface area contributed by atoms with Gasteiger partial charge in [-0.2, -0.15) is 5.26 Å².